The number of aromatic hydroxyl groups is 1. The van der Waals surface area contributed by atoms with Crippen LogP contribution in [0.5, 0.6) is 5.75 Å². The van der Waals surface area contributed by atoms with Crippen LogP contribution in [0.15, 0.2) is 24.3 Å². The Kier molecular flexibility index (Phi) is 4.53. The topological polar surface area (TPSA) is 40.5 Å². The van der Waals surface area contributed by atoms with Crippen LogP contribution >= 0.6 is 11.8 Å². The van der Waals surface area contributed by atoms with E-state index in [0.29, 0.717) is 17.4 Å². The highest BCUT2D eigenvalue weighted by Crippen LogP contribution is 2.29. The Morgan fingerprint density at radius 1 is 1.33 bits per heavy atom. The molecule has 4 heteroatoms. The van der Waals surface area contributed by atoms with E-state index in [2.05, 4.69) is 0 Å². The van der Waals surface area contributed by atoms with E-state index in [0.717, 1.165) is 25.9 Å². The smallest absolute Gasteiger partial charge is 0.232 e. The monoisotopic (exact) mass is 265 g/mol. The molecule has 0 unspecified atom stereocenters. The van der Waals surface area contributed by atoms with Crippen LogP contribution in [0.1, 0.15) is 24.3 Å². The maximum absolute atomic E-state index is 11.8. The minimum absolute atomic E-state index is 0.256. The molecule has 0 spiro atoms. The Morgan fingerprint density at radius 2 is 1.94 bits per heavy atom. The zero-order chi connectivity index (χ0) is 13.0. The molecule has 1 amide bonds. The summed E-state index contributed by atoms with van der Waals surface area (Å²) in [5.41, 5.74) is 1.27. The molecule has 1 aromatic carbocycles. The van der Waals surface area contributed by atoms with Gasteiger partial charge in [-0.1, -0.05) is 12.1 Å². The lowest BCUT2D eigenvalue weighted by Crippen LogP contribution is -2.38. The van der Waals surface area contributed by atoms with Crippen LogP contribution in [0.25, 0.3) is 0 Å². The quantitative estimate of drug-likeness (QED) is 0.912. The van der Waals surface area contributed by atoms with Gasteiger partial charge in [0, 0.05) is 13.1 Å². The third-order valence-electron chi connectivity index (χ3n) is 3.48. The number of hydrogen-bond donors (Lipinski definition) is 1. The summed E-state index contributed by atoms with van der Waals surface area (Å²) >= 11 is 1.58. The number of carbonyl (C=O) groups is 1. The largest absolute Gasteiger partial charge is 0.508 e. The normalized spacial score (nSPS) is 16.8. The molecule has 0 saturated carbocycles. The van der Waals surface area contributed by atoms with Gasteiger partial charge < -0.3 is 10.0 Å². The first-order valence-corrected chi connectivity index (χ1v) is 7.65. The first-order valence-electron chi connectivity index (χ1n) is 6.26. The van der Waals surface area contributed by atoms with Crippen molar-refractivity contribution in [2.24, 2.45) is 0 Å². The number of hydrogen-bond acceptors (Lipinski definition) is 3. The molecular formula is C14H19NO2S. The second-order valence-corrected chi connectivity index (χ2v) is 5.55. The summed E-state index contributed by atoms with van der Waals surface area (Å²) in [5, 5.41) is 9.27. The summed E-state index contributed by atoms with van der Waals surface area (Å²) in [4.78, 5) is 13.7. The maximum atomic E-state index is 11.8. The summed E-state index contributed by atoms with van der Waals surface area (Å²) in [7, 11) is 0. The lowest BCUT2D eigenvalue weighted by molar-refractivity contribution is -0.129. The highest BCUT2D eigenvalue weighted by atomic mass is 32.2. The molecule has 0 aliphatic carbocycles. The number of likely N-dealkylation sites (tertiary alicyclic amines) is 1. The van der Waals surface area contributed by atoms with E-state index in [1.807, 2.05) is 23.3 Å². The highest BCUT2D eigenvalue weighted by molar-refractivity contribution is 7.99. The molecule has 1 aliphatic rings. The van der Waals surface area contributed by atoms with Crippen molar-refractivity contribution in [3.8, 4) is 5.75 Å². The lowest BCUT2D eigenvalue weighted by atomic mass is 9.89. The molecule has 0 bridgehead atoms. The Bertz CT molecular complexity index is 397. The average molecular weight is 265 g/mol. The van der Waals surface area contributed by atoms with E-state index in [9.17, 15) is 9.90 Å². The van der Waals surface area contributed by atoms with E-state index < -0.39 is 0 Å². The van der Waals surface area contributed by atoms with Crippen molar-refractivity contribution in [2.75, 3.05) is 25.1 Å². The molecular weight excluding hydrogens is 246 g/mol. The van der Waals surface area contributed by atoms with E-state index >= 15 is 0 Å². The van der Waals surface area contributed by atoms with Crippen LogP contribution in [0.4, 0.5) is 0 Å². The van der Waals surface area contributed by atoms with Crippen LogP contribution in [-0.4, -0.2) is 41.0 Å². The first-order chi connectivity index (χ1) is 8.70. The second-order valence-electron chi connectivity index (χ2n) is 4.68. The molecule has 3 nitrogen and oxygen atoms in total. The number of amides is 1. The molecule has 0 radical (unpaired) electrons. The second kappa shape index (κ2) is 6.14. The summed E-state index contributed by atoms with van der Waals surface area (Å²) in [6.45, 7) is 1.70. The third-order valence-corrected chi connectivity index (χ3v) is 4.02. The molecule has 98 valence electrons. The fraction of sp³-hybridized carbons (Fsp3) is 0.500. The van der Waals surface area contributed by atoms with Gasteiger partial charge >= 0.3 is 0 Å². The molecule has 1 fully saturated rings. The maximum Gasteiger partial charge on any atom is 0.232 e. The third kappa shape index (κ3) is 3.19. The van der Waals surface area contributed by atoms with Crippen LogP contribution in [-0.2, 0) is 4.79 Å². The van der Waals surface area contributed by atoms with Gasteiger partial charge in [0.2, 0.25) is 5.91 Å². The van der Waals surface area contributed by atoms with Crippen molar-refractivity contribution in [1.29, 1.82) is 0 Å². The van der Waals surface area contributed by atoms with Crippen molar-refractivity contribution in [2.45, 2.75) is 18.8 Å². The standard InChI is InChI=1S/C14H19NO2S/c1-18-10-14(17)15-8-6-12(7-9-15)11-2-4-13(16)5-3-11/h2-5,12,16H,6-10H2,1H3. The SMILES string of the molecule is CSCC(=O)N1CCC(c2ccc(O)cc2)CC1. The molecule has 18 heavy (non-hydrogen) atoms. The highest BCUT2D eigenvalue weighted by Gasteiger charge is 2.23. The van der Waals surface area contributed by atoms with Crippen LogP contribution < -0.4 is 0 Å². The van der Waals surface area contributed by atoms with Crippen LogP contribution in [0, 0.1) is 0 Å². The number of nitrogens with zero attached hydrogens (tertiary/aromatic N) is 1. The Hall–Kier alpha value is -1.16. The van der Waals surface area contributed by atoms with Crippen molar-refractivity contribution in [3.63, 3.8) is 0 Å². The summed E-state index contributed by atoms with van der Waals surface area (Å²) < 4.78 is 0. The lowest BCUT2D eigenvalue weighted by Gasteiger charge is -2.32. The fourth-order valence-electron chi connectivity index (χ4n) is 2.42. The number of phenolic OH excluding ortho intramolecular Hbond substituents is 1. The number of thioether (sulfide) groups is 1. The predicted molar refractivity (Wildman–Crippen MR) is 75.0 cm³/mol. The summed E-state index contributed by atoms with van der Waals surface area (Å²) in [6.07, 6.45) is 4.00. The van der Waals surface area contributed by atoms with Crippen molar-refractivity contribution in [1.82, 2.24) is 4.90 Å². The van der Waals surface area contributed by atoms with Gasteiger partial charge in [0.1, 0.15) is 5.75 Å². The number of benzene rings is 1. The van der Waals surface area contributed by atoms with Gasteiger partial charge in [-0.25, -0.2) is 0 Å². The fourth-order valence-corrected chi connectivity index (χ4v) is 2.85. The van der Waals surface area contributed by atoms with Crippen molar-refractivity contribution >= 4 is 17.7 Å². The van der Waals surface area contributed by atoms with Crippen molar-refractivity contribution in [3.05, 3.63) is 29.8 Å². The molecule has 2 rings (SSSR count). The van der Waals surface area contributed by atoms with Gasteiger partial charge in [-0.05, 0) is 42.7 Å². The Morgan fingerprint density at radius 3 is 2.50 bits per heavy atom. The van der Waals surface area contributed by atoms with E-state index in [4.69, 9.17) is 0 Å². The van der Waals surface area contributed by atoms with E-state index in [1.165, 1.54) is 5.56 Å². The minimum atomic E-state index is 0.256. The summed E-state index contributed by atoms with van der Waals surface area (Å²) in [5.74, 6) is 1.67. The van der Waals surface area contributed by atoms with E-state index in [-0.39, 0.29) is 5.91 Å². The molecule has 1 heterocycles. The van der Waals surface area contributed by atoms with Crippen LogP contribution in [0.2, 0.25) is 0 Å². The number of phenols is 1. The van der Waals surface area contributed by atoms with Crippen molar-refractivity contribution < 1.29 is 9.90 Å². The average Bonchev–Trinajstić information content (AvgIpc) is 2.40. The van der Waals surface area contributed by atoms with E-state index in [1.54, 1.807) is 23.9 Å². The zero-order valence-electron chi connectivity index (χ0n) is 10.6. The summed E-state index contributed by atoms with van der Waals surface area (Å²) in [6, 6.07) is 7.44. The predicted octanol–water partition coefficient (Wildman–Crippen LogP) is 2.46. The Balaban J connectivity index is 1.90. The van der Waals surface area contributed by atoms with Gasteiger partial charge in [0.05, 0.1) is 5.75 Å². The minimum Gasteiger partial charge on any atom is -0.508 e. The Labute approximate surface area is 112 Å². The van der Waals surface area contributed by atoms with Crippen LogP contribution in [0.3, 0.4) is 0 Å². The zero-order valence-corrected chi connectivity index (χ0v) is 11.4. The van der Waals surface area contributed by atoms with Gasteiger partial charge in [0.25, 0.3) is 0 Å². The van der Waals surface area contributed by atoms with Gasteiger partial charge in [-0.15, -0.1) is 0 Å². The molecule has 1 N–H and O–H groups in total. The van der Waals surface area contributed by atoms with Gasteiger partial charge in [-0.3, -0.25) is 4.79 Å². The first kappa shape index (κ1) is 13.3. The molecule has 1 aromatic rings. The number of rotatable bonds is 3. The molecule has 1 saturated heterocycles. The molecule has 0 atom stereocenters. The number of carbonyl (C=O) groups excluding carboxylic acids is 1. The van der Waals surface area contributed by atoms with Gasteiger partial charge in [0.15, 0.2) is 0 Å². The molecule has 1 aliphatic heterocycles. The number of piperidine rings is 1. The molecule has 0 aromatic heterocycles. The van der Waals surface area contributed by atoms with Gasteiger partial charge in [-0.2, -0.15) is 11.8 Å².